The van der Waals surface area contributed by atoms with Crippen molar-refractivity contribution in [3.05, 3.63) is 18.2 Å². The van der Waals surface area contributed by atoms with Gasteiger partial charge in [0.1, 0.15) is 11.5 Å². The molecule has 0 fully saturated rings. The molecule has 1 amide bonds. The van der Waals surface area contributed by atoms with Gasteiger partial charge in [0.15, 0.2) is 0 Å². The van der Waals surface area contributed by atoms with Gasteiger partial charge in [0.2, 0.25) is 5.91 Å². The van der Waals surface area contributed by atoms with Gasteiger partial charge in [0, 0.05) is 6.07 Å². The number of hydrogen-bond donors (Lipinski definition) is 3. The van der Waals surface area contributed by atoms with Gasteiger partial charge in [-0.05, 0) is 19.1 Å². The molecule has 5 nitrogen and oxygen atoms in total. The summed E-state index contributed by atoms with van der Waals surface area (Å²) >= 11 is 0. The van der Waals surface area contributed by atoms with Crippen molar-refractivity contribution in [3.63, 3.8) is 0 Å². The van der Waals surface area contributed by atoms with E-state index in [2.05, 4.69) is 5.32 Å². The van der Waals surface area contributed by atoms with Crippen LogP contribution in [0.2, 0.25) is 0 Å². The summed E-state index contributed by atoms with van der Waals surface area (Å²) in [5, 5.41) is 12.0. The molecule has 5 heteroatoms. The molecule has 1 rings (SSSR count). The molecule has 1 aromatic carbocycles. The normalized spacial score (nSPS) is 11.9. The molecule has 0 aliphatic rings. The number of anilines is 1. The number of rotatable bonds is 3. The van der Waals surface area contributed by atoms with Crippen molar-refractivity contribution in [1.29, 1.82) is 0 Å². The number of phenols is 1. The van der Waals surface area contributed by atoms with Gasteiger partial charge in [0.05, 0.1) is 18.8 Å². The zero-order chi connectivity index (χ0) is 11.4. The largest absolute Gasteiger partial charge is 0.506 e. The lowest BCUT2D eigenvalue weighted by molar-refractivity contribution is -0.117. The number of methoxy groups -OCH3 is 1. The highest BCUT2D eigenvalue weighted by molar-refractivity contribution is 5.95. The number of phenolic OH excluding ortho intramolecular Hbond substituents is 1. The summed E-state index contributed by atoms with van der Waals surface area (Å²) < 4.78 is 4.91. The molecular formula is C10H14N2O3. The quantitative estimate of drug-likeness (QED) is 0.641. The van der Waals surface area contributed by atoms with Crippen molar-refractivity contribution in [1.82, 2.24) is 0 Å². The predicted octanol–water partition coefficient (Wildman–Crippen LogP) is 0.686. The van der Waals surface area contributed by atoms with Crippen LogP contribution in [0.15, 0.2) is 18.2 Å². The molecule has 0 aliphatic heterocycles. The maximum Gasteiger partial charge on any atom is 0.241 e. The number of hydrogen-bond acceptors (Lipinski definition) is 4. The van der Waals surface area contributed by atoms with E-state index in [9.17, 15) is 9.90 Å². The van der Waals surface area contributed by atoms with Gasteiger partial charge in [-0.3, -0.25) is 4.79 Å². The maximum atomic E-state index is 11.2. The minimum atomic E-state index is -0.619. The number of nitrogens with one attached hydrogen (secondary N) is 1. The molecule has 0 aromatic heterocycles. The standard InChI is InChI=1S/C10H14N2O3/c1-6(11)10(14)12-8-4-3-7(15-2)5-9(8)13/h3-6,13H,11H2,1-2H3,(H,12,14)/t6-/m1/s1. The number of amides is 1. The Hall–Kier alpha value is -1.75. The molecule has 82 valence electrons. The molecule has 1 aromatic rings. The Morgan fingerprint density at radius 3 is 2.73 bits per heavy atom. The van der Waals surface area contributed by atoms with E-state index < -0.39 is 6.04 Å². The summed E-state index contributed by atoms with van der Waals surface area (Å²) in [6.45, 7) is 1.57. The highest BCUT2D eigenvalue weighted by Gasteiger charge is 2.10. The third-order valence-electron chi connectivity index (χ3n) is 1.88. The zero-order valence-electron chi connectivity index (χ0n) is 8.65. The van der Waals surface area contributed by atoms with Gasteiger partial charge in [-0.1, -0.05) is 0 Å². The van der Waals surface area contributed by atoms with E-state index in [1.807, 2.05) is 0 Å². The van der Waals surface area contributed by atoms with Gasteiger partial charge in [-0.2, -0.15) is 0 Å². The highest BCUT2D eigenvalue weighted by atomic mass is 16.5. The molecule has 4 N–H and O–H groups in total. The van der Waals surface area contributed by atoms with Crippen LogP contribution in [0.4, 0.5) is 5.69 Å². The molecule has 0 bridgehead atoms. The monoisotopic (exact) mass is 210 g/mol. The maximum absolute atomic E-state index is 11.2. The van der Waals surface area contributed by atoms with Crippen molar-refractivity contribution in [2.75, 3.05) is 12.4 Å². The Kier molecular flexibility index (Phi) is 3.51. The van der Waals surface area contributed by atoms with Gasteiger partial charge in [0.25, 0.3) is 0 Å². The molecule has 0 heterocycles. The third-order valence-corrected chi connectivity index (χ3v) is 1.88. The second kappa shape index (κ2) is 4.65. The fraction of sp³-hybridized carbons (Fsp3) is 0.300. The number of ether oxygens (including phenoxy) is 1. The number of carbonyl (C=O) groups excluding carboxylic acids is 1. The van der Waals surface area contributed by atoms with Crippen molar-refractivity contribution >= 4 is 11.6 Å². The molecule has 0 aliphatic carbocycles. The Morgan fingerprint density at radius 2 is 2.27 bits per heavy atom. The summed E-state index contributed by atoms with van der Waals surface area (Å²) in [4.78, 5) is 11.2. The van der Waals surface area contributed by atoms with Crippen LogP contribution >= 0.6 is 0 Å². The Balaban J connectivity index is 2.83. The summed E-state index contributed by atoms with van der Waals surface area (Å²) in [5.74, 6) is 0.116. The Labute approximate surface area is 87.9 Å². The van der Waals surface area contributed by atoms with Crippen LogP contribution in [0.25, 0.3) is 0 Å². The predicted molar refractivity (Wildman–Crippen MR) is 56.9 cm³/mol. The van der Waals surface area contributed by atoms with Gasteiger partial charge in [-0.25, -0.2) is 0 Å². The average Bonchev–Trinajstić information content (AvgIpc) is 2.20. The van der Waals surface area contributed by atoms with Crippen LogP contribution < -0.4 is 15.8 Å². The molecule has 0 saturated carbocycles. The minimum absolute atomic E-state index is 0.0525. The molecule has 0 saturated heterocycles. The van der Waals surface area contributed by atoms with Crippen LogP contribution in [0.5, 0.6) is 11.5 Å². The van der Waals surface area contributed by atoms with Crippen molar-refractivity contribution in [2.24, 2.45) is 5.73 Å². The van der Waals surface area contributed by atoms with E-state index in [1.165, 1.54) is 13.2 Å². The van der Waals surface area contributed by atoms with Crippen molar-refractivity contribution in [2.45, 2.75) is 13.0 Å². The molecule has 0 unspecified atom stereocenters. The van der Waals surface area contributed by atoms with E-state index in [-0.39, 0.29) is 11.7 Å². The van der Waals surface area contributed by atoms with E-state index in [0.29, 0.717) is 11.4 Å². The molecule has 1 atom stereocenters. The first kappa shape index (κ1) is 11.3. The van der Waals surface area contributed by atoms with E-state index in [0.717, 1.165) is 0 Å². The molecule has 15 heavy (non-hydrogen) atoms. The highest BCUT2D eigenvalue weighted by Crippen LogP contribution is 2.27. The van der Waals surface area contributed by atoms with E-state index in [1.54, 1.807) is 19.1 Å². The number of aromatic hydroxyl groups is 1. The Morgan fingerprint density at radius 1 is 1.60 bits per heavy atom. The lowest BCUT2D eigenvalue weighted by atomic mass is 10.2. The zero-order valence-corrected chi connectivity index (χ0v) is 8.65. The first-order valence-corrected chi connectivity index (χ1v) is 4.48. The summed E-state index contributed by atoms with van der Waals surface area (Å²) in [7, 11) is 1.50. The average molecular weight is 210 g/mol. The van der Waals surface area contributed by atoms with E-state index >= 15 is 0 Å². The summed E-state index contributed by atoms with van der Waals surface area (Å²) in [6.07, 6.45) is 0. The van der Waals surface area contributed by atoms with Crippen LogP contribution in [0.3, 0.4) is 0 Å². The second-order valence-electron chi connectivity index (χ2n) is 3.16. The smallest absolute Gasteiger partial charge is 0.241 e. The topological polar surface area (TPSA) is 84.6 Å². The van der Waals surface area contributed by atoms with Crippen LogP contribution in [0.1, 0.15) is 6.92 Å². The van der Waals surface area contributed by atoms with Gasteiger partial charge < -0.3 is 20.9 Å². The van der Waals surface area contributed by atoms with Crippen LogP contribution in [-0.2, 0) is 4.79 Å². The van der Waals surface area contributed by atoms with Crippen molar-refractivity contribution in [3.8, 4) is 11.5 Å². The SMILES string of the molecule is COc1ccc(NC(=O)[C@@H](C)N)c(O)c1. The van der Waals surface area contributed by atoms with E-state index in [4.69, 9.17) is 10.5 Å². The second-order valence-corrected chi connectivity index (χ2v) is 3.16. The number of benzene rings is 1. The van der Waals surface area contributed by atoms with Gasteiger partial charge in [-0.15, -0.1) is 0 Å². The Bertz CT molecular complexity index is 364. The molecule has 0 spiro atoms. The van der Waals surface area contributed by atoms with Crippen LogP contribution in [-0.4, -0.2) is 24.2 Å². The lowest BCUT2D eigenvalue weighted by Gasteiger charge is -2.10. The first-order chi connectivity index (χ1) is 7.04. The summed E-state index contributed by atoms with van der Waals surface area (Å²) in [5.41, 5.74) is 5.69. The summed E-state index contributed by atoms with van der Waals surface area (Å²) in [6, 6.07) is 3.98. The third kappa shape index (κ3) is 2.85. The fourth-order valence-electron chi connectivity index (χ4n) is 0.991. The molecule has 0 radical (unpaired) electrons. The lowest BCUT2D eigenvalue weighted by Crippen LogP contribution is -2.32. The molecular weight excluding hydrogens is 196 g/mol. The minimum Gasteiger partial charge on any atom is -0.506 e. The van der Waals surface area contributed by atoms with Crippen LogP contribution in [0, 0.1) is 0 Å². The fourth-order valence-corrected chi connectivity index (χ4v) is 0.991. The first-order valence-electron chi connectivity index (χ1n) is 4.48. The number of nitrogens with two attached hydrogens (primary N) is 1. The number of carbonyl (C=O) groups is 1. The van der Waals surface area contributed by atoms with Gasteiger partial charge >= 0.3 is 0 Å². The van der Waals surface area contributed by atoms with Crippen molar-refractivity contribution < 1.29 is 14.6 Å².